The van der Waals surface area contributed by atoms with E-state index in [1.165, 1.54) is 20.8 Å². The molecule has 0 aromatic heterocycles. The molecule has 0 fully saturated rings. The van der Waals surface area contributed by atoms with E-state index in [4.69, 9.17) is 4.74 Å². The van der Waals surface area contributed by atoms with Gasteiger partial charge in [-0.05, 0) is 36.6 Å². The monoisotopic (exact) mass is 486 g/mol. The van der Waals surface area contributed by atoms with E-state index in [9.17, 15) is 31.2 Å². The molecule has 33 heavy (non-hydrogen) atoms. The number of halogens is 3. The fourth-order valence-electron chi connectivity index (χ4n) is 2.76. The minimum absolute atomic E-state index is 0.206. The van der Waals surface area contributed by atoms with Gasteiger partial charge in [-0.2, -0.15) is 17.9 Å². The normalized spacial score (nSPS) is 13.9. The van der Waals surface area contributed by atoms with Gasteiger partial charge in [-0.25, -0.2) is 8.42 Å². The molecule has 2 aromatic carbocycles. The summed E-state index contributed by atoms with van der Waals surface area (Å²) in [5, 5.41) is 2.61. The lowest BCUT2D eigenvalue weighted by molar-refractivity contribution is -0.157. The van der Waals surface area contributed by atoms with E-state index < -0.39 is 56.6 Å². The van der Waals surface area contributed by atoms with Crippen LogP contribution < -0.4 is 10.0 Å². The molecule has 0 heterocycles. The average molecular weight is 487 g/mol. The Kier molecular flexibility index (Phi) is 8.62. The predicted molar refractivity (Wildman–Crippen MR) is 114 cm³/mol. The van der Waals surface area contributed by atoms with Crippen molar-refractivity contribution in [2.75, 3.05) is 0 Å². The van der Waals surface area contributed by atoms with Crippen LogP contribution in [0.15, 0.2) is 59.5 Å². The van der Waals surface area contributed by atoms with Crippen LogP contribution in [0.25, 0.3) is 0 Å². The highest BCUT2D eigenvalue weighted by molar-refractivity contribution is 7.89. The third-order valence-electron chi connectivity index (χ3n) is 4.65. The lowest BCUT2D eigenvalue weighted by atomic mass is 10.1. The number of ether oxygens (including phenoxy) is 1. The first-order valence-electron chi connectivity index (χ1n) is 10.0. The first-order valence-corrected chi connectivity index (χ1v) is 11.5. The SMILES string of the molecule is CC(C)[C@H](NS(=O)(=O)c1cccc(C(F)(F)F)c1)C(=O)O[C@@H](C)C(=O)NCc1ccccc1. The van der Waals surface area contributed by atoms with Crippen LogP contribution in [0.4, 0.5) is 13.2 Å². The van der Waals surface area contributed by atoms with Crippen LogP contribution >= 0.6 is 0 Å². The molecule has 2 aromatic rings. The number of hydrogen-bond donors (Lipinski definition) is 2. The van der Waals surface area contributed by atoms with Crippen LogP contribution in [-0.4, -0.2) is 32.4 Å². The first kappa shape index (κ1) is 26.3. The summed E-state index contributed by atoms with van der Waals surface area (Å²) in [6.45, 7) is 4.59. The second kappa shape index (κ2) is 10.8. The number of hydrogen-bond acceptors (Lipinski definition) is 5. The second-order valence-corrected chi connectivity index (χ2v) is 9.37. The first-order chi connectivity index (χ1) is 15.3. The van der Waals surface area contributed by atoms with E-state index in [1.54, 1.807) is 24.3 Å². The van der Waals surface area contributed by atoms with Gasteiger partial charge in [0.25, 0.3) is 5.91 Å². The summed E-state index contributed by atoms with van der Waals surface area (Å²) in [7, 11) is -4.49. The molecule has 0 aliphatic heterocycles. The zero-order valence-electron chi connectivity index (χ0n) is 18.2. The molecule has 1 amide bonds. The number of alkyl halides is 3. The molecule has 0 aliphatic rings. The van der Waals surface area contributed by atoms with Gasteiger partial charge in [0.05, 0.1) is 10.5 Å². The van der Waals surface area contributed by atoms with Gasteiger partial charge >= 0.3 is 12.1 Å². The molecule has 2 rings (SSSR count). The molecular weight excluding hydrogens is 461 g/mol. The van der Waals surface area contributed by atoms with Gasteiger partial charge in [0.2, 0.25) is 10.0 Å². The average Bonchev–Trinajstić information content (AvgIpc) is 2.75. The van der Waals surface area contributed by atoms with E-state index in [2.05, 4.69) is 10.0 Å². The van der Waals surface area contributed by atoms with Crippen molar-refractivity contribution in [3.8, 4) is 0 Å². The third-order valence-corrected chi connectivity index (χ3v) is 6.08. The Balaban J connectivity index is 2.08. The van der Waals surface area contributed by atoms with Crippen LogP contribution in [0.2, 0.25) is 0 Å². The van der Waals surface area contributed by atoms with E-state index in [-0.39, 0.29) is 6.54 Å². The van der Waals surface area contributed by atoms with Crippen molar-refractivity contribution in [2.24, 2.45) is 5.92 Å². The molecule has 180 valence electrons. The van der Waals surface area contributed by atoms with Crippen molar-refractivity contribution in [2.45, 2.75) is 50.5 Å². The Hall–Kier alpha value is -2.92. The third kappa shape index (κ3) is 7.57. The highest BCUT2D eigenvalue weighted by atomic mass is 32.2. The maximum atomic E-state index is 12.9. The molecule has 11 heteroatoms. The molecule has 0 saturated carbocycles. The molecule has 2 atom stereocenters. The summed E-state index contributed by atoms with van der Waals surface area (Å²) in [4.78, 5) is 24.2. The van der Waals surface area contributed by atoms with Crippen molar-refractivity contribution in [1.82, 2.24) is 10.0 Å². The quantitative estimate of drug-likeness (QED) is 0.530. The Morgan fingerprint density at radius 1 is 1.00 bits per heavy atom. The Morgan fingerprint density at radius 2 is 1.64 bits per heavy atom. The van der Waals surface area contributed by atoms with Gasteiger partial charge in [0.15, 0.2) is 6.10 Å². The summed E-state index contributed by atoms with van der Waals surface area (Å²) in [6.07, 6.45) is -5.95. The topological polar surface area (TPSA) is 102 Å². The number of sulfonamides is 1. The number of amides is 1. The van der Waals surface area contributed by atoms with Gasteiger partial charge in [-0.15, -0.1) is 0 Å². The predicted octanol–water partition coefficient (Wildman–Crippen LogP) is 3.26. The molecule has 2 N–H and O–H groups in total. The van der Waals surface area contributed by atoms with Gasteiger partial charge in [0.1, 0.15) is 6.04 Å². The van der Waals surface area contributed by atoms with Crippen molar-refractivity contribution in [1.29, 1.82) is 0 Å². The van der Waals surface area contributed by atoms with E-state index in [0.29, 0.717) is 6.07 Å². The molecule has 0 aliphatic carbocycles. The summed E-state index contributed by atoms with van der Waals surface area (Å²) < 4.78 is 71.3. The highest BCUT2D eigenvalue weighted by Crippen LogP contribution is 2.30. The minimum Gasteiger partial charge on any atom is -0.451 e. The number of carbonyl (C=O) groups excluding carboxylic acids is 2. The van der Waals surface area contributed by atoms with Crippen LogP contribution in [0, 0.1) is 5.92 Å². The Labute approximate surface area is 190 Å². The molecule has 0 radical (unpaired) electrons. The molecule has 0 unspecified atom stereocenters. The van der Waals surface area contributed by atoms with Gasteiger partial charge in [-0.3, -0.25) is 9.59 Å². The summed E-state index contributed by atoms with van der Waals surface area (Å²) in [5.41, 5.74) is -0.309. The second-order valence-electron chi connectivity index (χ2n) is 7.65. The Morgan fingerprint density at radius 3 is 2.21 bits per heavy atom. The van der Waals surface area contributed by atoms with Gasteiger partial charge in [-0.1, -0.05) is 50.2 Å². The van der Waals surface area contributed by atoms with Crippen molar-refractivity contribution in [3.63, 3.8) is 0 Å². The zero-order chi connectivity index (χ0) is 24.8. The lowest BCUT2D eigenvalue weighted by Gasteiger charge is -2.23. The van der Waals surface area contributed by atoms with Crippen LogP contribution in [0.3, 0.4) is 0 Å². The standard InChI is InChI=1S/C22H25F3N2O5S/c1-14(2)19(27-33(30,31)18-11-7-10-17(12-18)22(23,24)25)21(29)32-15(3)20(28)26-13-16-8-5-4-6-9-16/h4-12,14-15,19,27H,13H2,1-3H3,(H,26,28)/t15-,19-/m0/s1. The highest BCUT2D eigenvalue weighted by Gasteiger charge is 2.34. The van der Waals surface area contributed by atoms with Crippen LogP contribution in [0.1, 0.15) is 31.9 Å². The summed E-state index contributed by atoms with van der Waals surface area (Å²) >= 11 is 0. The molecule has 7 nitrogen and oxygen atoms in total. The fraction of sp³-hybridized carbons (Fsp3) is 0.364. The van der Waals surface area contributed by atoms with Gasteiger partial charge in [0, 0.05) is 6.54 Å². The largest absolute Gasteiger partial charge is 0.451 e. The van der Waals surface area contributed by atoms with E-state index in [1.807, 2.05) is 6.07 Å². The number of carbonyl (C=O) groups is 2. The van der Waals surface area contributed by atoms with Crippen LogP contribution in [0.5, 0.6) is 0 Å². The Bertz CT molecular complexity index is 1070. The molecule has 0 bridgehead atoms. The summed E-state index contributed by atoms with van der Waals surface area (Å²) in [6, 6.07) is 10.8. The zero-order valence-corrected chi connectivity index (χ0v) is 19.0. The number of esters is 1. The lowest BCUT2D eigenvalue weighted by Crippen LogP contribution is -2.47. The number of benzene rings is 2. The smallest absolute Gasteiger partial charge is 0.416 e. The van der Waals surface area contributed by atoms with Crippen molar-refractivity contribution in [3.05, 3.63) is 65.7 Å². The van der Waals surface area contributed by atoms with E-state index in [0.717, 1.165) is 23.8 Å². The maximum absolute atomic E-state index is 12.9. The maximum Gasteiger partial charge on any atom is 0.416 e. The van der Waals surface area contributed by atoms with Crippen molar-refractivity contribution < 1.29 is 35.9 Å². The van der Waals surface area contributed by atoms with Crippen molar-refractivity contribution >= 4 is 21.9 Å². The van der Waals surface area contributed by atoms with Gasteiger partial charge < -0.3 is 10.1 Å². The molecular formula is C22H25F3N2O5S. The molecule has 0 spiro atoms. The number of nitrogens with one attached hydrogen (secondary N) is 2. The fourth-order valence-corrected chi connectivity index (χ4v) is 4.14. The van der Waals surface area contributed by atoms with E-state index >= 15 is 0 Å². The number of rotatable bonds is 9. The van der Waals surface area contributed by atoms with Crippen LogP contribution in [-0.2, 0) is 37.1 Å². The summed E-state index contributed by atoms with van der Waals surface area (Å²) in [5.74, 6) is -2.23. The minimum atomic E-state index is -4.73. The molecule has 0 saturated heterocycles.